The molecule has 4 nitrogen and oxygen atoms in total. The zero-order valence-corrected chi connectivity index (χ0v) is 17.0. The molecule has 1 amide bonds. The maximum atomic E-state index is 12.2. The molecule has 0 spiro atoms. The molecule has 0 radical (unpaired) electrons. The molecule has 0 aliphatic carbocycles. The average Bonchev–Trinajstić information content (AvgIpc) is 2.76. The Kier molecular flexibility index (Phi) is 7.96. The smallest absolute Gasteiger partial charge is 0.239 e. The monoisotopic (exact) mass is 408 g/mol. The Hall–Kier alpha value is -2.98. The van der Waals surface area contributed by atoms with Crippen LogP contribution >= 0.6 is 11.6 Å². The summed E-state index contributed by atoms with van der Waals surface area (Å²) in [6.07, 6.45) is 1.90. The van der Waals surface area contributed by atoms with Crippen LogP contribution < -0.4 is 15.4 Å². The number of hydrogen-bond donors (Lipinski definition) is 2. The fraction of sp³-hybridized carbons (Fsp3) is 0.208. The van der Waals surface area contributed by atoms with E-state index in [1.807, 2.05) is 66.7 Å². The SMILES string of the molecule is O=C(CNc1ccccc1OCCCc1ccccc1)NCc1ccccc1Cl. The molecule has 0 fully saturated rings. The molecule has 3 aromatic carbocycles. The Morgan fingerprint density at radius 3 is 2.45 bits per heavy atom. The van der Waals surface area contributed by atoms with Gasteiger partial charge in [-0.25, -0.2) is 0 Å². The molecule has 150 valence electrons. The first-order chi connectivity index (χ1) is 14.2. The summed E-state index contributed by atoms with van der Waals surface area (Å²) < 4.78 is 5.92. The van der Waals surface area contributed by atoms with Crippen LogP contribution in [0.15, 0.2) is 78.9 Å². The van der Waals surface area contributed by atoms with Crippen LogP contribution in [0.25, 0.3) is 0 Å². The summed E-state index contributed by atoms with van der Waals surface area (Å²) in [5, 5.41) is 6.67. The topological polar surface area (TPSA) is 50.4 Å². The van der Waals surface area contributed by atoms with Crippen molar-refractivity contribution in [2.45, 2.75) is 19.4 Å². The van der Waals surface area contributed by atoms with Crippen molar-refractivity contribution in [1.29, 1.82) is 0 Å². The number of amides is 1. The molecule has 0 atom stereocenters. The third-order valence-electron chi connectivity index (χ3n) is 4.47. The van der Waals surface area contributed by atoms with E-state index in [0.717, 1.165) is 29.8 Å². The van der Waals surface area contributed by atoms with Crippen molar-refractivity contribution in [2.24, 2.45) is 0 Å². The lowest BCUT2D eigenvalue weighted by molar-refractivity contribution is -0.119. The van der Waals surface area contributed by atoms with Gasteiger partial charge in [-0.3, -0.25) is 4.79 Å². The second kappa shape index (κ2) is 11.1. The maximum Gasteiger partial charge on any atom is 0.239 e. The van der Waals surface area contributed by atoms with Crippen molar-refractivity contribution in [3.05, 3.63) is 95.0 Å². The Morgan fingerprint density at radius 2 is 1.62 bits per heavy atom. The fourth-order valence-corrected chi connectivity index (χ4v) is 3.12. The van der Waals surface area contributed by atoms with Gasteiger partial charge in [0.15, 0.2) is 0 Å². The van der Waals surface area contributed by atoms with Crippen LogP contribution in [0.2, 0.25) is 5.02 Å². The summed E-state index contributed by atoms with van der Waals surface area (Å²) in [5.41, 5.74) is 3.00. The van der Waals surface area contributed by atoms with E-state index in [-0.39, 0.29) is 12.5 Å². The summed E-state index contributed by atoms with van der Waals surface area (Å²) in [6, 6.07) is 25.5. The second-order valence-corrected chi connectivity index (χ2v) is 7.06. The van der Waals surface area contributed by atoms with Crippen molar-refractivity contribution < 1.29 is 9.53 Å². The summed E-state index contributed by atoms with van der Waals surface area (Å²) in [5.74, 6) is 0.642. The minimum atomic E-state index is -0.108. The largest absolute Gasteiger partial charge is 0.491 e. The van der Waals surface area contributed by atoms with Gasteiger partial charge in [-0.15, -0.1) is 0 Å². The summed E-state index contributed by atoms with van der Waals surface area (Å²) in [6.45, 7) is 1.18. The molecule has 3 aromatic rings. The molecule has 0 aliphatic heterocycles. The number of para-hydroxylation sites is 2. The van der Waals surface area contributed by atoms with Crippen molar-refractivity contribution in [2.75, 3.05) is 18.5 Å². The van der Waals surface area contributed by atoms with Crippen LogP contribution in [0.1, 0.15) is 17.5 Å². The first-order valence-electron chi connectivity index (χ1n) is 9.72. The van der Waals surface area contributed by atoms with Gasteiger partial charge in [-0.1, -0.05) is 72.3 Å². The van der Waals surface area contributed by atoms with Gasteiger partial charge in [-0.2, -0.15) is 0 Å². The van der Waals surface area contributed by atoms with E-state index in [0.29, 0.717) is 18.2 Å². The van der Waals surface area contributed by atoms with Gasteiger partial charge < -0.3 is 15.4 Å². The Labute approximate surface area is 176 Å². The van der Waals surface area contributed by atoms with Crippen LogP contribution in [0.5, 0.6) is 5.75 Å². The molecule has 2 N–H and O–H groups in total. The van der Waals surface area contributed by atoms with E-state index >= 15 is 0 Å². The van der Waals surface area contributed by atoms with Crippen molar-refractivity contribution in [3.63, 3.8) is 0 Å². The molecule has 0 aromatic heterocycles. The summed E-state index contributed by atoms with van der Waals surface area (Å²) in [7, 11) is 0. The standard InChI is InChI=1S/C24H25ClN2O2/c25-21-13-5-4-12-20(21)17-27-24(28)18-26-22-14-6-7-15-23(22)29-16-8-11-19-9-2-1-3-10-19/h1-7,9-10,12-15,26H,8,11,16-18H2,(H,27,28). The normalized spacial score (nSPS) is 10.4. The predicted molar refractivity (Wildman–Crippen MR) is 118 cm³/mol. The zero-order valence-electron chi connectivity index (χ0n) is 16.2. The number of carbonyl (C=O) groups is 1. The van der Waals surface area contributed by atoms with Crippen molar-refractivity contribution >= 4 is 23.2 Å². The Morgan fingerprint density at radius 1 is 0.897 bits per heavy atom. The molecule has 0 saturated carbocycles. The van der Waals surface area contributed by atoms with Gasteiger partial charge in [-0.05, 0) is 42.2 Å². The minimum Gasteiger partial charge on any atom is -0.491 e. The number of nitrogens with one attached hydrogen (secondary N) is 2. The van der Waals surface area contributed by atoms with Crippen LogP contribution in [0.4, 0.5) is 5.69 Å². The number of carbonyl (C=O) groups excluding carboxylic acids is 1. The molecule has 29 heavy (non-hydrogen) atoms. The van der Waals surface area contributed by atoms with Gasteiger partial charge in [0.25, 0.3) is 0 Å². The number of hydrogen-bond acceptors (Lipinski definition) is 3. The highest BCUT2D eigenvalue weighted by atomic mass is 35.5. The number of benzene rings is 3. The third-order valence-corrected chi connectivity index (χ3v) is 4.84. The van der Waals surface area contributed by atoms with E-state index in [2.05, 4.69) is 22.8 Å². The van der Waals surface area contributed by atoms with E-state index in [4.69, 9.17) is 16.3 Å². The maximum absolute atomic E-state index is 12.2. The number of ether oxygens (including phenoxy) is 1. The first-order valence-corrected chi connectivity index (χ1v) is 10.1. The lowest BCUT2D eigenvalue weighted by atomic mass is 10.1. The van der Waals surface area contributed by atoms with E-state index in [9.17, 15) is 4.79 Å². The molecule has 0 bridgehead atoms. The number of rotatable bonds is 10. The van der Waals surface area contributed by atoms with Gasteiger partial charge >= 0.3 is 0 Å². The average molecular weight is 409 g/mol. The lowest BCUT2D eigenvalue weighted by Gasteiger charge is -2.13. The molecule has 5 heteroatoms. The fourth-order valence-electron chi connectivity index (χ4n) is 2.92. The molecule has 3 rings (SSSR count). The number of halogens is 1. The predicted octanol–water partition coefficient (Wildman–Crippen LogP) is 5.08. The third kappa shape index (κ3) is 6.84. The second-order valence-electron chi connectivity index (χ2n) is 6.66. The Balaban J connectivity index is 1.43. The molecular formula is C24H25ClN2O2. The van der Waals surface area contributed by atoms with E-state index in [1.165, 1.54) is 5.56 Å². The highest BCUT2D eigenvalue weighted by Crippen LogP contribution is 2.23. The van der Waals surface area contributed by atoms with Crippen LogP contribution in [0.3, 0.4) is 0 Å². The van der Waals surface area contributed by atoms with Gasteiger partial charge in [0.1, 0.15) is 5.75 Å². The van der Waals surface area contributed by atoms with Gasteiger partial charge in [0.2, 0.25) is 5.91 Å². The highest BCUT2D eigenvalue weighted by molar-refractivity contribution is 6.31. The van der Waals surface area contributed by atoms with E-state index in [1.54, 1.807) is 0 Å². The lowest BCUT2D eigenvalue weighted by Crippen LogP contribution is -2.29. The number of anilines is 1. The quantitative estimate of drug-likeness (QED) is 0.460. The molecule has 0 unspecified atom stereocenters. The Bertz CT molecular complexity index is 916. The molecular weight excluding hydrogens is 384 g/mol. The summed E-state index contributed by atoms with van der Waals surface area (Å²) in [4.78, 5) is 12.2. The van der Waals surface area contributed by atoms with Crippen molar-refractivity contribution in [3.8, 4) is 5.75 Å². The number of aryl methyl sites for hydroxylation is 1. The molecule has 0 heterocycles. The zero-order chi connectivity index (χ0) is 20.3. The summed E-state index contributed by atoms with van der Waals surface area (Å²) >= 11 is 6.12. The van der Waals surface area contributed by atoms with Gasteiger partial charge in [0, 0.05) is 11.6 Å². The van der Waals surface area contributed by atoms with Crippen LogP contribution in [0, 0.1) is 0 Å². The molecule has 0 saturated heterocycles. The highest BCUT2D eigenvalue weighted by Gasteiger charge is 2.07. The van der Waals surface area contributed by atoms with Gasteiger partial charge in [0.05, 0.1) is 18.8 Å². The van der Waals surface area contributed by atoms with E-state index < -0.39 is 0 Å². The van der Waals surface area contributed by atoms with Crippen LogP contribution in [-0.4, -0.2) is 19.1 Å². The minimum absolute atomic E-state index is 0.108. The molecule has 0 aliphatic rings. The van der Waals surface area contributed by atoms with Crippen LogP contribution in [-0.2, 0) is 17.8 Å². The first kappa shape index (κ1) is 20.7. The van der Waals surface area contributed by atoms with Crippen molar-refractivity contribution in [1.82, 2.24) is 5.32 Å².